The molecule has 0 unspecified atom stereocenters. The van der Waals surface area contributed by atoms with E-state index in [1.165, 1.54) is 11.8 Å². The summed E-state index contributed by atoms with van der Waals surface area (Å²) in [4.78, 5) is 10.7. The van der Waals surface area contributed by atoms with Gasteiger partial charge in [0.15, 0.2) is 5.82 Å². The first-order chi connectivity index (χ1) is 12.9. The maximum atomic E-state index is 11.1. The summed E-state index contributed by atoms with van der Waals surface area (Å²) in [7, 11) is 0. The fraction of sp³-hybridized carbons (Fsp3) is 0.250. The van der Waals surface area contributed by atoms with Gasteiger partial charge in [0.25, 0.3) is 0 Å². The molecule has 0 bridgehead atoms. The monoisotopic (exact) mass is 405 g/mol. The van der Waals surface area contributed by atoms with Crippen molar-refractivity contribution in [1.82, 2.24) is 24.7 Å². The Morgan fingerprint density at radius 3 is 2.59 bits per heavy atom. The highest BCUT2D eigenvalue weighted by Crippen LogP contribution is 2.25. The summed E-state index contributed by atoms with van der Waals surface area (Å²) in [5.74, 6) is 0.983. The van der Waals surface area contributed by atoms with Gasteiger partial charge in [-0.3, -0.25) is 14.8 Å². The Balaban J connectivity index is 1.78. The summed E-state index contributed by atoms with van der Waals surface area (Å²) in [6, 6.07) is 7.28. The first kappa shape index (κ1) is 19.1. The molecule has 0 aliphatic carbocycles. The number of nitrogens with zero attached hydrogens (tertiary/aromatic N) is 7. The number of rotatable bonds is 6. The van der Waals surface area contributed by atoms with E-state index in [1.807, 2.05) is 12.1 Å². The number of benzene rings is 1. The molecule has 0 saturated heterocycles. The van der Waals surface area contributed by atoms with Crippen LogP contribution >= 0.6 is 23.4 Å². The van der Waals surface area contributed by atoms with E-state index >= 15 is 0 Å². The van der Waals surface area contributed by atoms with Crippen molar-refractivity contribution >= 4 is 35.3 Å². The van der Waals surface area contributed by atoms with Crippen molar-refractivity contribution in [2.24, 2.45) is 5.10 Å². The summed E-state index contributed by atoms with van der Waals surface area (Å²) >= 11 is 7.22. The van der Waals surface area contributed by atoms with Crippen LogP contribution in [-0.2, 0) is 5.88 Å². The number of aryl methyl sites for hydroxylation is 2. The van der Waals surface area contributed by atoms with E-state index < -0.39 is 4.92 Å². The molecule has 2 heterocycles. The van der Waals surface area contributed by atoms with Crippen molar-refractivity contribution in [3.63, 3.8) is 0 Å². The van der Waals surface area contributed by atoms with Gasteiger partial charge in [0, 0.05) is 5.02 Å². The van der Waals surface area contributed by atoms with Crippen molar-refractivity contribution in [3.8, 4) is 0 Å². The standard InChI is InChI=1S/C16H16ClN7O2S/c1-10-15(24(25)26)11(2)22(21-10)9-27-16-20-19-12(3)23(16)18-8-13-4-6-14(17)7-5-13/h4-8H,9H2,1-3H3. The van der Waals surface area contributed by atoms with Crippen molar-refractivity contribution in [1.29, 1.82) is 0 Å². The van der Waals surface area contributed by atoms with Crippen LogP contribution in [0.15, 0.2) is 34.5 Å². The van der Waals surface area contributed by atoms with Gasteiger partial charge >= 0.3 is 5.69 Å². The second-order valence-corrected chi connectivity index (χ2v) is 7.04. The van der Waals surface area contributed by atoms with Crippen LogP contribution in [0.2, 0.25) is 5.02 Å². The van der Waals surface area contributed by atoms with Crippen LogP contribution < -0.4 is 0 Å². The van der Waals surface area contributed by atoms with Crippen LogP contribution in [-0.4, -0.2) is 35.8 Å². The molecule has 1 aromatic carbocycles. The van der Waals surface area contributed by atoms with Crippen LogP contribution in [0, 0.1) is 30.9 Å². The van der Waals surface area contributed by atoms with Gasteiger partial charge in [-0.2, -0.15) is 14.9 Å². The maximum absolute atomic E-state index is 11.1. The molecular weight excluding hydrogens is 390 g/mol. The van der Waals surface area contributed by atoms with Crippen molar-refractivity contribution in [3.05, 3.63) is 62.2 Å². The second-order valence-electron chi connectivity index (χ2n) is 5.69. The highest BCUT2D eigenvalue weighted by Gasteiger charge is 2.22. The molecule has 0 radical (unpaired) electrons. The number of thioether (sulfide) groups is 1. The Morgan fingerprint density at radius 1 is 1.26 bits per heavy atom. The van der Waals surface area contributed by atoms with Crippen molar-refractivity contribution < 1.29 is 4.92 Å². The molecule has 9 nitrogen and oxygen atoms in total. The Hall–Kier alpha value is -2.72. The molecule has 27 heavy (non-hydrogen) atoms. The predicted octanol–water partition coefficient (Wildman–Crippen LogP) is 3.59. The minimum atomic E-state index is -0.415. The fourth-order valence-electron chi connectivity index (χ4n) is 2.43. The van der Waals surface area contributed by atoms with E-state index in [1.54, 1.807) is 48.5 Å². The zero-order valence-electron chi connectivity index (χ0n) is 14.8. The summed E-state index contributed by atoms with van der Waals surface area (Å²) in [5, 5.41) is 29.2. The average Bonchev–Trinajstić information content (AvgIpc) is 3.11. The van der Waals surface area contributed by atoms with Gasteiger partial charge < -0.3 is 0 Å². The van der Waals surface area contributed by atoms with Gasteiger partial charge in [0.1, 0.15) is 11.4 Å². The Bertz CT molecular complexity index is 1010. The summed E-state index contributed by atoms with van der Waals surface area (Å²) < 4.78 is 3.19. The first-order valence-corrected chi connectivity index (χ1v) is 9.26. The van der Waals surface area contributed by atoms with E-state index in [0.29, 0.717) is 33.3 Å². The van der Waals surface area contributed by atoms with Crippen LogP contribution in [0.4, 0.5) is 5.69 Å². The van der Waals surface area contributed by atoms with E-state index in [9.17, 15) is 10.1 Å². The largest absolute Gasteiger partial charge is 0.312 e. The van der Waals surface area contributed by atoms with Crippen LogP contribution in [0.3, 0.4) is 0 Å². The number of halogens is 1. The normalized spacial score (nSPS) is 11.4. The lowest BCUT2D eigenvalue weighted by molar-refractivity contribution is -0.386. The smallest absolute Gasteiger partial charge is 0.258 e. The van der Waals surface area contributed by atoms with E-state index in [4.69, 9.17) is 11.6 Å². The minimum absolute atomic E-state index is 0.0361. The van der Waals surface area contributed by atoms with Gasteiger partial charge in [0.2, 0.25) is 5.16 Å². The molecule has 3 aromatic rings. The number of nitro groups is 1. The third-order valence-corrected chi connectivity index (χ3v) is 4.94. The molecule has 2 aromatic heterocycles. The molecule has 0 N–H and O–H groups in total. The molecule has 0 aliphatic heterocycles. The summed E-state index contributed by atoms with van der Waals surface area (Å²) in [5.41, 5.74) is 1.81. The molecule has 11 heteroatoms. The molecular formula is C16H16ClN7O2S. The Labute approximate surface area is 164 Å². The average molecular weight is 406 g/mol. The highest BCUT2D eigenvalue weighted by molar-refractivity contribution is 7.98. The molecule has 0 aliphatic rings. The number of hydrogen-bond acceptors (Lipinski definition) is 7. The lowest BCUT2D eigenvalue weighted by atomic mass is 10.2. The van der Waals surface area contributed by atoms with Gasteiger partial charge in [-0.15, -0.1) is 10.2 Å². The second kappa shape index (κ2) is 7.89. The number of hydrogen-bond donors (Lipinski definition) is 0. The predicted molar refractivity (Wildman–Crippen MR) is 103 cm³/mol. The van der Waals surface area contributed by atoms with Gasteiger partial charge in [0.05, 0.1) is 17.0 Å². The SMILES string of the molecule is Cc1nn(CSc2nnc(C)n2N=Cc2ccc(Cl)cc2)c(C)c1[N+](=O)[O-]. The Morgan fingerprint density at radius 2 is 1.96 bits per heavy atom. The van der Waals surface area contributed by atoms with E-state index in [-0.39, 0.29) is 5.69 Å². The molecule has 0 saturated carbocycles. The first-order valence-electron chi connectivity index (χ1n) is 7.90. The molecule has 140 valence electrons. The maximum Gasteiger partial charge on any atom is 0.312 e. The summed E-state index contributed by atoms with van der Waals surface area (Å²) in [6.45, 7) is 5.09. The molecule has 3 rings (SSSR count). The van der Waals surface area contributed by atoms with Gasteiger partial charge in [-0.05, 0) is 38.5 Å². The lowest BCUT2D eigenvalue weighted by Crippen LogP contribution is -2.02. The highest BCUT2D eigenvalue weighted by atomic mass is 35.5. The van der Waals surface area contributed by atoms with Gasteiger partial charge in [-0.25, -0.2) is 0 Å². The molecule has 0 fully saturated rings. The quantitative estimate of drug-likeness (QED) is 0.268. The molecule has 0 atom stereocenters. The zero-order valence-corrected chi connectivity index (χ0v) is 16.4. The zero-order chi connectivity index (χ0) is 19.6. The van der Waals surface area contributed by atoms with Crippen molar-refractivity contribution in [2.75, 3.05) is 0 Å². The third-order valence-electron chi connectivity index (χ3n) is 3.80. The minimum Gasteiger partial charge on any atom is -0.258 e. The Kier molecular flexibility index (Phi) is 5.57. The van der Waals surface area contributed by atoms with E-state index in [0.717, 1.165) is 5.56 Å². The third kappa shape index (κ3) is 4.17. The van der Waals surface area contributed by atoms with Crippen LogP contribution in [0.1, 0.15) is 22.8 Å². The fourth-order valence-corrected chi connectivity index (χ4v) is 3.45. The summed E-state index contributed by atoms with van der Waals surface area (Å²) in [6.07, 6.45) is 1.69. The van der Waals surface area contributed by atoms with Crippen LogP contribution in [0.5, 0.6) is 0 Å². The lowest BCUT2D eigenvalue weighted by Gasteiger charge is -2.04. The topological polar surface area (TPSA) is 104 Å². The molecule has 0 amide bonds. The van der Waals surface area contributed by atoms with Crippen molar-refractivity contribution in [2.45, 2.75) is 31.8 Å². The van der Waals surface area contributed by atoms with Crippen LogP contribution in [0.25, 0.3) is 0 Å². The van der Waals surface area contributed by atoms with Gasteiger partial charge in [-0.1, -0.05) is 35.5 Å². The molecule has 0 spiro atoms. The van der Waals surface area contributed by atoms with E-state index in [2.05, 4.69) is 20.4 Å². The number of aromatic nitrogens is 5.